The minimum Gasteiger partial charge on any atom is -0.354 e. The van der Waals surface area contributed by atoms with Crippen molar-refractivity contribution < 1.29 is 9.59 Å². The Bertz CT molecular complexity index is 1070. The van der Waals surface area contributed by atoms with Gasteiger partial charge < -0.3 is 10.2 Å². The summed E-state index contributed by atoms with van der Waals surface area (Å²) in [6.07, 6.45) is 2.48. The van der Waals surface area contributed by atoms with Crippen molar-refractivity contribution >= 4 is 35.0 Å². The molecular weight excluding hydrogens is 467 g/mol. The van der Waals surface area contributed by atoms with Gasteiger partial charge in [0.05, 0.1) is 16.5 Å². The van der Waals surface area contributed by atoms with Gasteiger partial charge in [0.25, 0.3) is 0 Å². The summed E-state index contributed by atoms with van der Waals surface area (Å²) in [5.41, 5.74) is 2.71. The highest BCUT2D eigenvalue weighted by atomic mass is 35.5. The van der Waals surface area contributed by atoms with E-state index in [0.717, 1.165) is 29.5 Å². The van der Waals surface area contributed by atoms with Gasteiger partial charge in [-0.05, 0) is 35.2 Å². The fraction of sp³-hybridized carbons (Fsp3) is 0.286. The zero-order chi connectivity index (χ0) is 24.3. The van der Waals surface area contributed by atoms with Crippen LogP contribution in [-0.2, 0) is 29.0 Å². The Kier molecular flexibility index (Phi) is 9.99. The Morgan fingerprint density at radius 3 is 2.12 bits per heavy atom. The van der Waals surface area contributed by atoms with E-state index in [1.807, 2.05) is 66.7 Å². The molecule has 178 valence electrons. The molecule has 0 aliphatic heterocycles. The van der Waals surface area contributed by atoms with Crippen molar-refractivity contribution in [1.29, 1.82) is 0 Å². The number of hydrogen-bond donors (Lipinski definition) is 1. The van der Waals surface area contributed by atoms with Gasteiger partial charge in [-0.1, -0.05) is 103 Å². The SMILES string of the molecule is CCCCNC(=O)[C@@H](Cc1ccccc1)N(Cc1ccc(Cl)c(Cl)c1)C(=O)Cc1ccccc1. The van der Waals surface area contributed by atoms with Crippen molar-refractivity contribution in [3.8, 4) is 0 Å². The summed E-state index contributed by atoms with van der Waals surface area (Å²) >= 11 is 12.4. The Labute approximate surface area is 211 Å². The molecule has 0 heterocycles. The standard InChI is InChI=1S/C28H30Cl2N2O2/c1-2-3-16-31-28(34)26(18-21-10-6-4-7-11-21)32(20-23-14-15-24(29)25(30)17-23)27(33)19-22-12-8-5-9-13-22/h4-15,17,26H,2-3,16,18-20H2,1H3,(H,31,34)/t26-/m1/s1. The van der Waals surface area contributed by atoms with E-state index in [9.17, 15) is 9.59 Å². The number of benzene rings is 3. The molecule has 2 amide bonds. The molecule has 0 saturated heterocycles. The van der Waals surface area contributed by atoms with Crippen LogP contribution in [0.25, 0.3) is 0 Å². The lowest BCUT2D eigenvalue weighted by Gasteiger charge is -2.32. The molecule has 0 bridgehead atoms. The third-order valence-corrected chi connectivity index (χ3v) is 6.37. The van der Waals surface area contributed by atoms with Gasteiger partial charge in [0.1, 0.15) is 6.04 Å². The van der Waals surface area contributed by atoms with E-state index in [1.165, 1.54) is 0 Å². The second-order valence-electron chi connectivity index (χ2n) is 8.28. The van der Waals surface area contributed by atoms with Crippen LogP contribution in [0.5, 0.6) is 0 Å². The van der Waals surface area contributed by atoms with Crippen molar-refractivity contribution in [2.45, 2.75) is 45.2 Å². The minimum atomic E-state index is -0.662. The largest absolute Gasteiger partial charge is 0.354 e. The minimum absolute atomic E-state index is 0.121. The first kappa shape index (κ1) is 25.8. The van der Waals surface area contributed by atoms with Gasteiger partial charge in [-0.2, -0.15) is 0 Å². The average molecular weight is 497 g/mol. The van der Waals surface area contributed by atoms with E-state index in [0.29, 0.717) is 23.0 Å². The molecule has 0 aromatic heterocycles. The molecule has 0 radical (unpaired) electrons. The predicted octanol–water partition coefficient (Wildman–Crippen LogP) is 6.09. The maximum atomic E-state index is 13.6. The van der Waals surface area contributed by atoms with Crippen molar-refractivity contribution in [1.82, 2.24) is 10.2 Å². The lowest BCUT2D eigenvalue weighted by Crippen LogP contribution is -2.51. The van der Waals surface area contributed by atoms with Crippen LogP contribution in [0.2, 0.25) is 10.0 Å². The molecule has 0 aliphatic rings. The number of nitrogens with one attached hydrogen (secondary N) is 1. The normalized spacial score (nSPS) is 11.6. The first-order chi connectivity index (χ1) is 16.5. The smallest absolute Gasteiger partial charge is 0.243 e. The number of rotatable bonds is 11. The summed E-state index contributed by atoms with van der Waals surface area (Å²) in [4.78, 5) is 28.7. The van der Waals surface area contributed by atoms with Crippen LogP contribution in [0, 0.1) is 0 Å². The quantitative estimate of drug-likeness (QED) is 0.326. The third-order valence-electron chi connectivity index (χ3n) is 5.64. The molecule has 3 aromatic rings. The molecule has 1 atom stereocenters. The third kappa shape index (κ3) is 7.61. The maximum absolute atomic E-state index is 13.6. The predicted molar refractivity (Wildman–Crippen MR) is 139 cm³/mol. The summed E-state index contributed by atoms with van der Waals surface area (Å²) in [5, 5.41) is 3.90. The fourth-order valence-electron chi connectivity index (χ4n) is 3.77. The van der Waals surface area contributed by atoms with Gasteiger partial charge in [-0.3, -0.25) is 9.59 Å². The molecule has 0 aliphatic carbocycles. The maximum Gasteiger partial charge on any atom is 0.243 e. The Hall–Kier alpha value is -2.82. The summed E-state index contributed by atoms with van der Waals surface area (Å²) in [7, 11) is 0. The lowest BCUT2D eigenvalue weighted by molar-refractivity contribution is -0.140. The molecular formula is C28H30Cl2N2O2. The first-order valence-corrected chi connectivity index (χ1v) is 12.3. The van der Waals surface area contributed by atoms with Gasteiger partial charge in [0.15, 0.2) is 0 Å². The van der Waals surface area contributed by atoms with E-state index >= 15 is 0 Å². The fourth-order valence-corrected chi connectivity index (χ4v) is 4.09. The number of nitrogens with zero attached hydrogens (tertiary/aromatic N) is 1. The zero-order valence-corrected chi connectivity index (χ0v) is 20.9. The Morgan fingerprint density at radius 1 is 0.853 bits per heavy atom. The second-order valence-corrected chi connectivity index (χ2v) is 9.10. The van der Waals surface area contributed by atoms with Gasteiger partial charge in [-0.15, -0.1) is 0 Å². The molecule has 1 N–H and O–H groups in total. The number of hydrogen-bond acceptors (Lipinski definition) is 2. The zero-order valence-electron chi connectivity index (χ0n) is 19.3. The highest BCUT2D eigenvalue weighted by Gasteiger charge is 2.30. The molecule has 0 saturated carbocycles. The van der Waals surface area contributed by atoms with Crippen LogP contribution in [0.4, 0.5) is 0 Å². The number of carbonyl (C=O) groups is 2. The summed E-state index contributed by atoms with van der Waals surface area (Å²) in [6.45, 7) is 2.91. The van der Waals surface area contributed by atoms with Gasteiger partial charge in [0.2, 0.25) is 11.8 Å². The van der Waals surface area contributed by atoms with Crippen LogP contribution in [-0.4, -0.2) is 29.3 Å². The van der Waals surface area contributed by atoms with Crippen LogP contribution < -0.4 is 5.32 Å². The molecule has 34 heavy (non-hydrogen) atoms. The number of halogens is 2. The molecule has 3 rings (SSSR count). The van der Waals surface area contributed by atoms with Gasteiger partial charge >= 0.3 is 0 Å². The topological polar surface area (TPSA) is 49.4 Å². The summed E-state index contributed by atoms with van der Waals surface area (Å²) in [5.74, 6) is -0.275. The lowest BCUT2D eigenvalue weighted by atomic mass is 10.0. The number of carbonyl (C=O) groups excluding carboxylic acids is 2. The first-order valence-electron chi connectivity index (χ1n) is 11.6. The summed E-state index contributed by atoms with van der Waals surface area (Å²) in [6, 6.07) is 24.0. The monoisotopic (exact) mass is 496 g/mol. The van der Waals surface area contributed by atoms with Crippen molar-refractivity contribution in [2.24, 2.45) is 0 Å². The molecule has 0 spiro atoms. The number of unbranched alkanes of at least 4 members (excludes halogenated alkanes) is 1. The van der Waals surface area contributed by atoms with Gasteiger partial charge in [0, 0.05) is 19.5 Å². The molecule has 6 heteroatoms. The van der Waals surface area contributed by atoms with E-state index in [-0.39, 0.29) is 24.8 Å². The Balaban J connectivity index is 1.94. The van der Waals surface area contributed by atoms with Crippen molar-refractivity contribution in [2.75, 3.05) is 6.54 Å². The number of amides is 2. The van der Waals surface area contributed by atoms with Gasteiger partial charge in [-0.25, -0.2) is 0 Å². The average Bonchev–Trinajstić information content (AvgIpc) is 2.84. The van der Waals surface area contributed by atoms with Crippen molar-refractivity contribution in [3.63, 3.8) is 0 Å². The van der Waals surface area contributed by atoms with Crippen LogP contribution in [0.3, 0.4) is 0 Å². The molecule has 0 fully saturated rings. The van der Waals surface area contributed by atoms with Crippen LogP contribution in [0.1, 0.15) is 36.5 Å². The Morgan fingerprint density at radius 2 is 1.50 bits per heavy atom. The van der Waals surface area contributed by atoms with Crippen LogP contribution >= 0.6 is 23.2 Å². The molecule has 0 unspecified atom stereocenters. The van der Waals surface area contributed by atoms with E-state index < -0.39 is 6.04 Å². The summed E-state index contributed by atoms with van der Waals surface area (Å²) < 4.78 is 0. The highest BCUT2D eigenvalue weighted by molar-refractivity contribution is 6.42. The van der Waals surface area contributed by atoms with Crippen molar-refractivity contribution in [3.05, 3.63) is 106 Å². The van der Waals surface area contributed by atoms with E-state index in [2.05, 4.69) is 12.2 Å². The molecule has 4 nitrogen and oxygen atoms in total. The highest BCUT2D eigenvalue weighted by Crippen LogP contribution is 2.24. The second kappa shape index (κ2) is 13.2. The molecule has 3 aromatic carbocycles. The van der Waals surface area contributed by atoms with E-state index in [4.69, 9.17) is 23.2 Å². The van der Waals surface area contributed by atoms with Crippen LogP contribution in [0.15, 0.2) is 78.9 Å². The van der Waals surface area contributed by atoms with E-state index in [1.54, 1.807) is 17.0 Å².